The number of thiocarbonyl (C=S) groups is 1. The van der Waals surface area contributed by atoms with Crippen molar-refractivity contribution in [3.63, 3.8) is 0 Å². The Morgan fingerprint density at radius 3 is 2.46 bits per heavy atom. The Balaban J connectivity index is 2.09. The second-order valence-corrected chi connectivity index (χ2v) is 7.22. The lowest BCUT2D eigenvalue weighted by Crippen LogP contribution is -2.45. The SMILES string of the molecule is CN1C(=O)/C(=C2/SC(=S)N([C@@H](CC(=O)O)C(=O)O)C2=O)c2ccccc21. The van der Waals surface area contributed by atoms with E-state index < -0.39 is 36.2 Å². The van der Waals surface area contributed by atoms with Crippen LogP contribution >= 0.6 is 24.0 Å². The number of rotatable bonds is 4. The van der Waals surface area contributed by atoms with Crippen molar-refractivity contribution in [2.45, 2.75) is 12.5 Å². The van der Waals surface area contributed by atoms with E-state index in [9.17, 15) is 24.3 Å². The molecule has 1 fully saturated rings. The van der Waals surface area contributed by atoms with Crippen LogP contribution < -0.4 is 4.90 Å². The quantitative estimate of drug-likeness (QED) is 0.579. The predicted octanol–water partition coefficient (Wildman–Crippen LogP) is 1.16. The fraction of sp³-hybridized carbons (Fsp3) is 0.188. The van der Waals surface area contributed by atoms with Gasteiger partial charge in [-0.2, -0.15) is 0 Å². The Labute approximate surface area is 157 Å². The van der Waals surface area contributed by atoms with Gasteiger partial charge in [0.05, 0.1) is 22.6 Å². The van der Waals surface area contributed by atoms with Crippen molar-refractivity contribution in [3.8, 4) is 0 Å². The highest BCUT2D eigenvalue weighted by atomic mass is 32.2. The van der Waals surface area contributed by atoms with Crippen molar-refractivity contribution >= 4 is 63.3 Å². The molecule has 0 aliphatic carbocycles. The summed E-state index contributed by atoms with van der Waals surface area (Å²) in [6.45, 7) is 0. The second-order valence-electron chi connectivity index (χ2n) is 5.58. The van der Waals surface area contributed by atoms with Crippen LogP contribution in [0.15, 0.2) is 29.2 Å². The van der Waals surface area contributed by atoms with Crippen molar-refractivity contribution in [2.24, 2.45) is 0 Å². The summed E-state index contributed by atoms with van der Waals surface area (Å²) in [7, 11) is 1.57. The van der Waals surface area contributed by atoms with Crippen molar-refractivity contribution in [3.05, 3.63) is 34.7 Å². The molecule has 0 unspecified atom stereocenters. The lowest BCUT2D eigenvalue weighted by atomic mass is 10.1. The van der Waals surface area contributed by atoms with E-state index in [1.165, 1.54) is 4.90 Å². The Hall–Kier alpha value is -2.72. The number of para-hydroxylation sites is 1. The van der Waals surface area contributed by atoms with Gasteiger partial charge in [0, 0.05) is 12.6 Å². The minimum absolute atomic E-state index is 0.00781. The minimum Gasteiger partial charge on any atom is -0.481 e. The fourth-order valence-corrected chi connectivity index (χ4v) is 4.27. The molecule has 1 saturated heterocycles. The van der Waals surface area contributed by atoms with Crippen molar-refractivity contribution in [2.75, 3.05) is 11.9 Å². The fourth-order valence-electron chi connectivity index (χ4n) is 2.84. The highest BCUT2D eigenvalue weighted by Crippen LogP contribution is 2.44. The maximum absolute atomic E-state index is 12.8. The Morgan fingerprint density at radius 2 is 1.85 bits per heavy atom. The van der Waals surface area contributed by atoms with Crippen molar-refractivity contribution in [1.29, 1.82) is 0 Å². The average Bonchev–Trinajstić information content (AvgIpc) is 2.99. The number of hydrogen-bond donors (Lipinski definition) is 2. The molecular weight excluding hydrogens is 380 g/mol. The Morgan fingerprint density at radius 1 is 1.19 bits per heavy atom. The standard InChI is InChI=1S/C16H12N2O6S2/c1-17-8-5-3-2-4-7(8)11(13(17)21)12-14(22)18(16(25)26-12)9(15(23)24)6-10(19)20/h2-5,9H,6H2,1H3,(H,19,20)(H,23,24)/b12-11+/t9-/m0/s1. The molecule has 0 aromatic heterocycles. The van der Waals surface area contributed by atoms with E-state index in [1.807, 2.05) is 0 Å². The summed E-state index contributed by atoms with van der Waals surface area (Å²) in [5.74, 6) is -4.04. The summed E-state index contributed by atoms with van der Waals surface area (Å²) in [4.78, 5) is 50.0. The zero-order chi connectivity index (χ0) is 19.2. The molecule has 2 aliphatic heterocycles. The third-order valence-corrected chi connectivity index (χ3v) is 5.45. The minimum atomic E-state index is -1.64. The van der Waals surface area contributed by atoms with E-state index in [4.69, 9.17) is 17.3 Å². The summed E-state index contributed by atoms with van der Waals surface area (Å²) >= 11 is 5.90. The smallest absolute Gasteiger partial charge is 0.327 e. The molecule has 134 valence electrons. The molecule has 26 heavy (non-hydrogen) atoms. The molecule has 1 aromatic rings. The van der Waals surface area contributed by atoms with Crippen LogP contribution in [0.25, 0.3) is 5.57 Å². The molecule has 1 atom stereocenters. The number of fused-ring (bicyclic) bond motifs is 1. The van der Waals surface area contributed by atoms with E-state index in [-0.39, 0.29) is 14.8 Å². The second kappa shape index (κ2) is 6.54. The first kappa shape index (κ1) is 18.1. The highest BCUT2D eigenvalue weighted by molar-refractivity contribution is 8.26. The number of carboxylic acids is 2. The molecule has 2 N–H and O–H groups in total. The maximum atomic E-state index is 12.8. The van der Waals surface area contributed by atoms with Gasteiger partial charge >= 0.3 is 11.9 Å². The average molecular weight is 392 g/mol. The molecule has 2 aliphatic rings. The van der Waals surface area contributed by atoms with Gasteiger partial charge in [-0.15, -0.1) is 0 Å². The van der Waals surface area contributed by atoms with Crippen LogP contribution in [-0.2, 0) is 19.2 Å². The van der Waals surface area contributed by atoms with Gasteiger partial charge in [-0.1, -0.05) is 42.2 Å². The largest absolute Gasteiger partial charge is 0.481 e. The number of aliphatic carboxylic acids is 2. The molecule has 0 bridgehead atoms. The third kappa shape index (κ3) is 2.76. The van der Waals surface area contributed by atoms with Gasteiger partial charge < -0.3 is 15.1 Å². The van der Waals surface area contributed by atoms with Crippen molar-refractivity contribution in [1.82, 2.24) is 4.90 Å². The third-order valence-electron chi connectivity index (χ3n) is 4.04. The Bertz CT molecular complexity index is 910. The molecular formula is C16H12N2O6S2. The number of likely N-dealkylation sites (N-methyl/N-ethyl adjacent to an activating group) is 1. The van der Waals surface area contributed by atoms with Crippen LogP contribution in [0.4, 0.5) is 5.69 Å². The summed E-state index contributed by atoms with van der Waals surface area (Å²) in [5, 5.41) is 18.2. The molecule has 3 rings (SSSR count). The lowest BCUT2D eigenvalue weighted by molar-refractivity contribution is -0.150. The number of amides is 2. The van der Waals surface area contributed by atoms with E-state index in [0.29, 0.717) is 11.3 Å². The molecule has 10 heteroatoms. The van der Waals surface area contributed by atoms with E-state index in [1.54, 1.807) is 31.3 Å². The highest BCUT2D eigenvalue weighted by Gasteiger charge is 2.45. The molecule has 0 saturated carbocycles. The zero-order valence-corrected chi connectivity index (χ0v) is 15.0. The first-order valence-corrected chi connectivity index (χ1v) is 8.58. The zero-order valence-electron chi connectivity index (χ0n) is 13.3. The normalized spacial score (nSPS) is 20.6. The maximum Gasteiger partial charge on any atom is 0.327 e. The number of hydrogen-bond acceptors (Lipinski definition) is 6. The van der Waals surface area contributed by atoms with Crippen LogP contribution in [-0.4, -0.2) is 56.3 Å². The number of carbonyl (C=O) groups is 4. The first-order chi connectivity index (χ1) is 12.2. The van der Waals surface area contributed by atoms with Gasteiger partial charge in [-0.05, 0) is 6.07 Å². The number of thioether (sulfide) groups is 1. The molecule has 2 amide bonds. The molecule has 2 heterocycles. The molecule has 8 nitrogen and oxygen atoms in total. The number of carboxylic acid groups (broad SMARTS) is 2. The van der Waals surface area contributed by atoms with Gasteiger partial charge in [0.1, 0.15) is 10.4 Å². The van der Waals surface area contributed by atoms with Crippen LogP contribution in [0.2, 0.25) is 0 Å². The van der Waals surface area contributed by atoms with E-state index in [0.717, 1.165) is 16.7 Å². The topological polar surface area (TPSA) is 115 Å². The Kier molecular flexibility index (Phi) is 4.55. The van der Waals surface area contributed by atoms with Gasteiger partial charge in [0.15, 0.2) is 0 Å². The van der Waals surface area contributed by atoms with Gasteiger partial charge in [0.2, 0.25) is 0 Å². The van der Waals surface area contributed by atoms with Crippen LogP contribution in [0, 0.1) is 0 Å². The van der Waals surface area contributed by atoms with Crippen molar-refractivity contribution < 1.29 is 29.4 Å². The summed E-state index contributed by atoms with van der Waals surface area (Å²) < 4.78 is -0.0917. The van der Waals surface area contributed by atoms with Crippen LogP contribution in [0.3, 0.4) is 0 Å². The summed E-state index contributed by atoms with van der Waals surface area (Å²) in [6, 6.07) is 5.25. The number of carbonyl (C=O) groups excluding carboxylic acids is 2. The molecule has 0 radical (unpaired) electrons. The van der Waals surface area contributed by atoms with Gasteiger partial charge in [-0.25, -0.2) is 4.79 Å². The number of anilines is 1. The monoisotopic (exact) mass is 392 g/mol. The molecule has 0 spiro atoms. The number of benzene rings is 1. The first-order valence-electron chi connectivity index (χ1n) is 7.35. The predicted molar refractivity (Wildman–Crippen MR) is 97.5 cm³/mol. The number of nitrogens with zero attached hydrogens (tertiary/aromatic N) is 2. The summed E-state index contributed by atoms with van der Waals surface area (Å²) in [5.41, 5.74) is 1.31. The van der Waals surface area contributed by atoms with Crippen LogP contribution in [0.5, 0.6) is 0 Å². The van der Waals surface area contributed by atoms with E-state index in [2.05, 4.69) is 0 Å². The van der Waals surface area contributed by atoms with Crippen LogP contribution in [0.1, 0.15) is 12.0 Å². The van der Waals surface area contributed by atoms with Gasteiger partial charge in [-0.3, -0.25) is 19.3 Å². The lowest BCUT2D eigenvalue weighted by Gasteiger charge is -2.21. The summed E-state index contributed by atoms with van der Waals surface area (Å²) in [6.07, 6.45) is -0.797. The molecule has 1 aromatic carbocycles. The van der Waals surface area contributed by atoms with Gasteiger partial charge in [0.25, 0.3) is 11.8 Å². The van der Waals surface area contributed by atoms with E-state index >= 15 is 0 Å².